The van der Waals surface area contributed by atoms with Crippen molar-refractivity contribution in [2.45, 2.75) is 43.3 Å². The van der Waals surface area contributed by atoms with Crippen molar-refractivity contribution in [3.05, 3.63) is 53.6 Å². The van der Waals surface area contributed by atoms with Gasteiger partial charge in [-0.2, -0.15) is 0 Å². The van der Waals surface area contributed by atoms with Crippen LogP contribution >= 0.6 is 23.4 Å². The molecule has 0 aliphatic carbocycles. The van der Waals surface area contributed by atoms with Crippen molar-refractivity contribution in [1.29, 1.82) is 0 Å². The van der Waals surface area contributed by atoms with Crippen molar-refractivity contribution in [2.75, 3.05) is 10.6 Å². The summed E-state index contributed by atoms with van der Waals surface area (Å²) in [5, 5.41) is 6.05. The first kappa shape index (κ1) is 20.3. The second-order valence-corrected chi connectivity index (χ2v) is 7.79. The molecule has 1 unspecified atom stereocenters. The van der Waals surface area contributed by atoms with E-state index in [1.54, 1.807) is 24.3 Å². The fourth-order valence-corrected chi connectivity index (χ4v) is 3.30. The van der Waals surface area contributed by atoms with E-state index >= 15 is 0 Å². The summed E-state index contributed by atoms with van der Waals surface area (Å²) in [6.45, 7) is 3.91. The van der Waals surface area contributed by atoms with Crippen LogP contribution in [0.1, 0.15) is 33.1 Å². The molecule has 0 spiro atoms. The van der Waals surface area contributed by atoms with Crippen LogP contribution in [0.3, 0.4) is 0 Å². The molecule has 1 atom stereocenters. The van der Waals surface area contributed by atoms with Crippen molar-refractivity contribution in [1.82, 2.24) is 0 Å². The number of nitrogens with one attached hydrogen (secondary N) is 2. The Labute approximate surface area is 163 Å². The maximum Gasteiger partial charge on any atom is 0.237 e. The lowest BCUT2D eigenvalue weighted by Gasteiger charge is -2.13. The van der Waals surface area contributed by atoms with Gasteiger partial charge in [0.05, 0.1) is 5.25 Å². The molecule has 0 aliphatic heterocycles. The van der Waals surface area contributed by atoms with Gasteiger partial charge >= 0.3 is 0 Å². The van der Waals surface area contributed by atoms with Crippen molar-refractivity contribution >= 4 is 46.6 Å². The number of carbonyl (C=O) groups excluding carboxylic acids is 2. The zero-order valence-corrected chi connectivity index (χ0v) is 16.5. The van der Waals surface area contributed by atoms with Crippen molar-refractivity contribution in [3.8, 4) is 0 Å². The van der Waals surface area contributed by atoms with Crippen LogP contribution in [0, 0.1) is 0 Å². The molecule has 2 aromatic rings. The minimum atomic E-state index is -0.265. The average molecular weight is 391 g/mol. The standard InChI is InChI=1S/C20H23ClN2O2S/c1-3-4-8-19(24)22-16-9-11-18(12-10-16)26-14(2)20(25)23-17-7-5-6-15(21)13-17/h5-7,9-14H,3-4,8H2,1-2H3,(H,22,24)(H,23,25). The summed E-state index contributed by atoms with van der Waals surface area (Å²) in [5.74, 6) is -0.0595. The molecule has 138 valence electrons. The zero-order chi connectivity index (χ0) is 18.9. The lowest BCUT2D eigenvalue weighted by molar-refractivity contribution is -0.116. The van der Waals surface area contributed by atoms with E-state index in [1.807, 2.05) is 31.2 Å². The van der Waals surface area contributed by atoms with E-state index in [0.717, 1.165) is 23.4 Å². The molecule has 0 radical (unpaired) electrons. The molecule has 0 heterocycles. The smallest absolute Gasteiger partial charge is 0.237 e. The normalized spacial score (nSPS) is 11.7. The van der Waals surface area contributed by atoms with E-state index < -0.39 is 0 Å². The van der Waals surface area contributed by atoms with Crippen molar-refractivity contribution in [2.24, 2.45) is 0 Å². The van der Waals surface area contributed by atoms with E-state index in [4.69, 9.17) is 11.6 Å². The maximum atomic E-state index is 12.3. The first-order valence-electron chi connectivity index (χ1n) is 8.61. The molecule has 0 aliphatic rings. The predicted octanol–water partition coefficient (Wildman–Crippen LogP) is 5.59. The third kappa shape index (κ3) is 6.73. The van der Waals surface area contributed by atoms with Crippen LogP contribution in [0.2, 0.25) is 5.02 Å². The molecule has 2 aromatic carbocycles. The maximum absolute atomic E-state index is 12.3. The number of amides is 2. The second kappa shape index (κ2) is 10.2. The lowest BCUT2D eigenvalue weighted by Crippen LogP contribution is -2.22. The summed E-state index contributed by atoms with van der Waals surface area (Å²) in [6.07, 6.45) is 2.42. The third-order valence-corrected chi connectivity index (χ3v) is 5.02. The van der Waals surface area contributed by atoms with E-state index in [-0.39, 0.29) is 17.1 Å². The van der Waals surface area contributed by atoms with Crippen LogP contribution in [0.25, 0.3) is 0 Å². The Morgan fingerprint density at radius 2 is 1.81 bits per heavy atom. The van der Waals surface area contributed by atoms with Crippen LogP contribution in [-0.2, 0) is 9.59 Å². The average Bonchev–Trinajstić information content (AvgIpc) is 2.61. The zero-order valence-electron chi connectivity index (χ0n) is 14.9. The summed E-state index contributed by atoms with van der Waals surface area (Å²) in [5.41, 5.74) is 1.45. The van der Waals surface area contributed by atoms with Gasteiger partial charge in [-0.1, -0.05) is 31.0 Å². The molecule has 6 heteroatoms. The van der Waals surface area contributed by atoms with Crippen LogP contribution < -0.4 is 10.6 Å². The van der Waals surface area contributed by atoms with Gasteiger partial charge in [-0.25, -0.2) is 0 Å². The number of thioether (sulfide) groups is 1. The second-order valence-electron chi connectivity index (χ2n) is 5.94. The molecule has 0 bridgehead atoms. The van der Waals surface area contributed by atoms with Gasteiger partial charge in [-0.3, -0.25) is 9.59 Å². The van der Waals surface area contributed by atoms with Gasteiger partial charge in [0, 0.05) is 27.7 Å². The van der Waals surface area contributed by atoms with Crippen LogP contribution in [-0.4, -0.2) is 17.1 Å². The Bertz CT molecular complexity index is 750. The molecule has 2 amide bonds. The number of benzene rings is 2. The highest BCUT2D eigenvalue weighted by molar-refractivity contribution is 8.00. The number of hydrogen-bond donors (Lipinski definition) is 2. The molecule has 0 saturated carbocycles. The number of halogens is 1. The summed E-state index contributed by atoms with van der Waals surface area (Å²) >= 11 is 7.39. The molecule has 2 rings (SSSR count). The van der Waals surface area contributed by atoms with Crippen LogP contribution in [0.4, 0.5) is 11.4 Å². The highest BCUT2D eigenvalue weighted by Crippen LogP contribution is 2.26. The molecular formula is C20H23ClN2O2S. The first-order valence-corrected chi connectivity index (χ1v) is 9.86. The number of carbonyl (C=O) groups is 2. The van der Waals surface area contributed by atoms with E-state index in [0.29, 0.717) is 17.1 Å². The summed E-state index contributed by atoms with van der Waals surface area (Å²) in [6, 6.07) is 14.6. The Kier molecular flexibility index (Phi) is 8.01. The van der Waals surface area contributed by atoms with Gasteiger partial charge in [0.1, 0.15) is 0 Å². The number of rotatable bonds is 8. The minimum absolute atomic E-state index is 0.0292. The van der Waals surface area contributed by atoms with Crippen LogP contribution in [0.15, 0.2) is 53.4 Å². The van der Waals surface area contributed by atoms with Gasteiger partial charge in [-0.05, 0) is 55.8 Å². The molecule has 0 fully saturated rings. The van der Waals surface area contributed by atoms with Crippen molar-refractivity contribution < 1.29 is 9.59 Å². The number of anilines is 2. The number of hydrogen-bond acceptors (Lipinski definition) is 3. The Morgan fingerprint density at radius 1 is 1.08 bits per heavy atom. The molecule has 2 N–H and O–H groups in total. The van der Waals surface area contributed by atoms with Gasteiger partial charge in [0.2, 0.25) is 11.8 Å². The Morgan fingerprint density at radius 3 is 2.46 bits per heavy atom. The highest BCUT2D eigenvalue weighted by Gasteiger charge is 2.15. The fraction of sp³-hybridized carbons (Fsp3) is 0.300. The van der Waals surface area contributed by atoms with Gasteiger partial charge in [0.15, 0.2) is 0 Å². The summed E-state index contributed by atoms with van der Waals surface area (Å²) < 4.78 is 0. The monoisotopic (exact) mass is 390 g/mol. The van der Waals surface area contributed by atoms with Gasteiger partial charge in [-0.15, -0.1) is 11.8 Å². The van der Waals surface area contributed by atoms with E-state index in [1.165, 1.54) is 11.8 Å². The molecule has 26 heavy (non-hydrogen) atoms. The topological polar surface area (TPSA) is 58.2 Å². The van der Waals surface area contributed by atoms with Gasteiger partial charge < -0.3 is 10.6 Å². The molecule has 0 saturated heterocycles. The summed E-state index contributed by atoms with van der Waals surface area (Å²) in [7, 11) is 0. The largest absolute Gasteiger partial charge is 0.326 e. The summed E-state index contributed by atoms with van der Waals surface area (Å²) in [4.78, 5) is 25.0. The van der Waals surface area contributed by atoms with E-state index in [9.17, 15) is 9.59 Å². The predicted molar refractivity (Wildman–Crippen MR) is 110 cm³/mol. The fourth-order valence-electron chi connectivity index (χ4n) is 2.25. The highest BCUT2D eigenvalue weighted by atomic mass is 35.5. The lowest BCUT2D eigenvalue weighted by atomic mass is 10.2. The van der Waals surface area contributed by atoms with Crippen LogP contribution in [0.5, 0.6) is 0 Å². The first-order chi connectivity index (χ1) is 12.5. The van der Waals surface area contributed by atoms with E-state index in [2.05, 4.69) is 17.6 Å². The molecule has 0 aromatic heterocycles. The van der Waals surface area contributed by atoms with Crippen molar-refractivity contribution in [3.63, 3.8) is 0 Å². The molecule has 4 nitrogen and oxygen atoms in total. The van der Waals surface area contributed by atoms with Gasteiger partial charge in [0.25, 0.3) is 0 Å². The number of unbranched alkanes of at least 4 members (excludes halogenated alkanes) is 1. The molecular weight excluding hydrogens is 368 g/mol. The SMILES string of the molecule is CCCCC(=O)Nc1ccc(SC(C)C(=O)Nc2cccc(Cl)c2)cc1. The minimum Gasteiger partial charge on any atom is -0.326 e. The quantitative estimate of drug-likeness (QED) is 0.578. The Hall–Kier alpha value is -1.98. The third-order valence-electron chi connectivity index (χ3n) is 3.67. The Balaban J connectivity index is 1.87.